The van der Waals surface area contributed by atoms with Gasteiger partial charge in [0.1, 0.15) is 0 Å². The van der Waals surface area contributed by atoms with Gasteiger partial charge in [0.2, 0.25) is 0 Å². The normalized spacial score (nSPS) is 16.8. The van der Waals surface area contributed by atoms with E-state index in [9.17, 15) is 0 Å². The number of halogens is 2. The van der Waals surface area contributed by atoms with Crippen LogP contribution in [0.3, 0.4) is 0 Å². The molecule has 111 valence electrons. The minimum absolute atomic E-state index is 0. The topological polar surface area (TPSA) is 0 Å². The number of allylic oxidation sites excluding steroid dienone is 8. The van der Waals surface area contributed by atoms with E-state index in [0.717, 1.165) is 0 Å². The second kappa shape index (κ2) is 20.5. The van der Waals surface area contributed by atoms with Crippen LogP contribution >= 0.6 is 0 Å². The third kappa shape index (κ3) is 18.2. The Labute approximate surface area is 144 Å². The predicted molar refractivity (Wildman–Crippen MR) is 73.5 cm³/mol. The Hall–Kier alpha value is 0.189. The SMILES string of the molecule is C1=CCCC=CCC1.C1=CCCC=CCC1.[Cl-].[Cl-].[Ir+2]. The molecule has 0 nitrogen and oxygen atoms in total. The van der Waals surface area contributed by atoms with Gasteiger partial charge >= 0.3 is 20.1 Å². The van der Waals surface area contributed by atoms with Crippen molar-refractivity contribution in [3.63, 3.8) is 0 Å². The molecule has 0 N–H and O–H groups in total. The van der Waals surface area contributed by atoms with Crippen molar-refractivity contribution < 1.29 is 44.9 Å². The Morgan fingerprint density at radius 1 is 0.316 bits per heavy atom. The largest absolute Gasteiger partial charge is 2.00 e. The smallest absolute Gasteiger partial charge is 1.00 e. The van der Waals surface area contributed by atoms with E-state index in [4.69, 9.17) is 0 Å². The van der Waals surface area contributed by atoms with Crippen molar-refractivity contribution in [2.24, 2.45) is 0 Å². The molecule has 3 heteroatoms. The summed E-state index contributed by atoms with van der Waals surface area (Å²) < 4.78 is 0. The van der Waals surface area contributed by atoms with E-state index < -0.39 is 0 Å². The van der Waals surface area contributed by atoms with Crippen molar-refractivity contribution in [3.8, 4) is 0 Å². The molecule has 0 aliphatic heterocycles. The van der Waals surface area contributed by atoms with E-state index in [1.54, 1.807) is 0 Å². The second-order valence-electron chi connectivity index (χ2n) is 4.20. The Morgan fingerprint density at radius 2 is 0.421 bits per heavy atom. The molecule has 0 aromatic carbocycles. The zero-order chi connectivity index (χ0) is 11.3. The molecule has 0 amide bonds. The molecule has 0 heterocycles. The molecule has 0 saturated carbocycles. The van der Waals surface area contributed by atoms with Gasteiger partial charge in [-0.15, -0.1) is 0 Å². The van der Waals surface area contributed by atoms with Gasteiger partial charge in [-0.2, -0.15) is 0 Å². The Bertz CT molecular complexity index is 188. The molecule has 2 aliphatic carbocycles. The van der Waals surface area contributed by atoms with Crippen LogP contribution in [0.2, 0.25) is 0 Å². The average Bonchev–Trinajstić information content (AvgIpc) is 2.15. The zero-order valence-electron chi connectivity index (χ0n) is 11.4. The first-order chi connectivity index (χ1) is 8.00. The fourth-order valence-corrected chi connectivity index (χ4v) is 1.71. The van der Waals surface area contributed by atoms with Crippen molar-refractivity contribution in [1.29, 1.82) is 0 Å². The van der Waals surface area contributed by atoms with Gasteiger partial charge in [-0.3, -0.25) is 0 Å². The molecule has 0 atom stereocenters. The second-order valence-corrected chi connectivity index (χ2v) is 4.20. The van der Waals surface area contributed by atoms with E-state index in [1.165, 1.54) is 51.4 Å². The fourth-order valence-electron chi connectivity index (χ4n) is 1.71. The van der Waals surface area contributed by atoms with Crippen LogP contribution in [0.1, 0.15) is 51.4 Å². The third-order valence-corrected chi connectivity index (χ3v) is 2.67. The first-order valence-electron chi connectivity index (χ1n) is 6.60. The monoisotopic (exact) mass is 479 g/mol. The van der Waals surface area contributed by atoms with Crippen LogP contribution in [0.15, 0.2) is 48.6 Å². The van der Waals surface area contributed by atoms with Crippen molar-refractivity contribution >= 4 is 0 Å². The van der Waals surface area contributed by atoms with Crippen molar-refractivity contribution in [3.05, 3.63) is 48.6 Å². The molecular weight excluding hydrogens is 455 g/mol. The summed E-state index contributed by atoms with van der Waals surface area (Å²) in [5.41, 5.74) is 0. The summed E-state index contributed by atoms with van der Waals surface area (Å²) >= 11 is 0. The number of hydrogen-bond acceptors (Lipinski definition) is 0. The van der Waals surface area contributed by atoms with Gasteiger partial charge in [-0.25, -0.2) is 0 Å². The summed E-state index contributed by atoms with van der Waals surface area (Å²) in [5.74, 6) is 0. The molecule has 0 spiro atoms. The molecule has 0 aromatic heterocycles. The summed E-state index contributed by atoms with van der Waals surface area (Å²) in [7, 11) is 0. The molecule has 19 heavy (non-hydrogen) atoms. The van der Waals surface area contributed by atoms with Crippen LogP contribution in [-0.2, 0) is 20.1 Å². The minimum atomic E-state index is 0. The first-order valence-corrected chi connectivity index (χ1v) is 6.60. The summed E-state index contributed by atoms with van der Waals surface area (Å²) in [5, 5.41) is 0. The third-order valence-electron chi connectivity index (χ3n) is 2.67. The average molecular weight is 479 g/mol. The van der Waals surface area contributed by atoms with E-state index >= 15 is 0 Å². The summed E-state index contributed by atoms with van der Waals surface area (Å²) in [6.07, 6.45) is 28.0. The molecule has 0 bridgehead atoms. The van der Waals surface area contributed by atoms with E-state index in [1.807, 2.05) is 0 Å². The van der Waals surface area contributed by atoms with Gasteiger partial charge in [0.05, 0.1) is 0 Å². The zero-order valence-corrected chi connectivity index (χ0v) is 15.3. The molecule has 2 rings (SSSR count). The Balaban J connectivity index is -0.000000233. The first kappa shape index (κ1) is 24.2. The van der Waals surface area contributed by atoms with Gasteiger partial charge < -0.3 is 24.8 Å². The summed E-state index contributed by atoms with van der Waals surface area (Å²) in [6, 6.07) is 0. The Kier molecular flexibility index (Phi) is 26.1. The number of rotatable bonds is 0. The molecule has 0 aromatic rings. The molecule has 0 saturated heterocycles. The Morgan fingerprint density at radius 3 is 0.526 bits per heavy atom. The van der Waals surface area contributed by atoms with Crippen LogP contribution in [0, 0.1) is 0 Å². The fraction of sp³-hybridized carbons (Fsp3) is 0.500. The van der Waals surface area contributed by atoms with E-state index in [-0.39, 0.29) is 44.9 Å². The van der Waals surface area contributed by atoms with Crippen molar-refractivity contribution in [1.82, 2.24) is 0 Å². The van der Waals surface area contributed by atoms with Gasteiger partial charge in [0.15, 0.2) is 0 Å². The van der Waals surface area contributed by atoms with Gasteiger partial charge in [0.25, 0.3) is 0 Å². The molecule has 2 aliphatic rings. The van der Waals surface area contributed by atoms with Crippen LogP contribution < -0.4 is 24.8 Å². The van der Waals surface area contributed by atoms with Crippen LogP contribution in [-0.4, -0.2) is 0 Å². The number of hydrogen-bond donors (Lipinski definition) is 0. The molecule has 0 unspecified atom stereocenters. The maximum absolute atomic E-state index is 2.27. The summed E-state index contributed by atoms with van der Waals surface area (Å²) in [4.78, 5) is 0. The molecule has 1 radical (unpaired) electrons. The van der Waals surface area contributed by atoms with Crippen LogP contribution in [0.4, 0.5) is 0 Å². The quantitative estimate of drug-likeness (QED) is 0.406. The maximum Gasteiger partial charge on any atom is 2.00 e. The molecule has 0 fully saturated rings. The van der Waals surface area contributed by atoms with Gasteiger partial charge in [-0.05, 0) is 51.4 Å². The van der Waals surface area contributed by atoms with Crippen LogP contribution in [0.25, 0.3) is 0 Å². The predicted octanol–water partition coefficient (Wildman–Crippen LogP) is -0.649. The van der Waals surface area contributed by atoms with E-state index in [2.05, 4.69) is 48.6 Å². The van der Waals surface area contributed by atoms with Crippen LogP contribution in [0.5, 0.6) is 0 Å². The summed E-state index contributed by atoms with van der Waals surface area (Å²) in [6.45, 7) is 0. The molecular formula is C16H24Cl2Ir. The van der Waals surface area contributed by atoms with Crippen molar-refractivity contribution in [2.75, 3.05) is 0 Å². The van der Waals surface area contributed by atoms with Crippen molar-refractivity contribution in [2.45, 2.75) is 51.4 Å². The van der Waals surface area contributed by atoms with Gasteiger partial charge in [0, 0.05) is 0 Å². The van der Waals surface area contributed by atoms with E-state index in [0.29, 0.717) is 0 Å². The standard InChI is InChI=1S/2C8H12.2ClH.Ir/c2*1-2-4-6-8-7-5-3-1;;;/h2*1-2,7-8H,3-6H2;2*1H;/q;;;;+2/p-2. The minimum Gasteiger partial charge on any atom is -1.00 e. The van der Waals surface area contributed by atoms with Gasteiger partial charge in [-0.1, -0.05) is 48.6 Å². The maximum atomic E-state index is 2.27.